The standard InChI is InChI=1S/C31H32N8O/c1-18-24(9-7-20-8-10-25(36-27(18)20)19-5-3-2-4-6-19)28-26-29(32)34-17-35-31(26)39(37-28)23-15-22(16-23)38-13-11-21(12-14-38)30(33)40/h2-10,17,21-23H,11-16H2,1H3,(H2,33,40)(H2,32,34,35). The molecule has 2 fully saturated rings. The molecule has 3 aromatic heterocycles. The van der Waals surface area contributed by atoms with E-state index in [4.69, 9.17) is 21.5 Å². The number of anilines is 1. The Hall–Kier alpha value is -4.37. The van der Waals surface area contributed by atoms with E-state index in [2.05, 4.69) is 58.2 Å². The zero-order valence-corrected chi connectivity index (χ0v) is 22.5. The summed E-state index contributed by atoms with van der Waals surface area (Å²) in [6.45, 7) is 3.93. The minimum atomic E-state index is -0.172. The largest absolute Gasteiger partial charge is 0.383 e. The lowest BCUT2D eigenvalue weighted by Crippen LogP contribution is -2.49. The molecule has 2 aliphatic rings. The van der Waals surface area contributed by atoms with Gasteiger partial charge in [-0.05, 0) is 57.3 Å². The van der Waals surface area contributed by atoms with Crippen molar-refractivity contribution < 1.29 is 4.79 Å². The summed E-state index contributed by atoms with van der Waals surface area (Å²) in [5, 5.41) is 7.00. The van der Waals surface area contributed by atoms with Crippen molar-refractivity contribution in [3.05, 3.63) is 66.5 Å². The number of hydrogen-bond acceptors (Lipinski definition) is 7. The van der Waals surface area contributed by atoms with E-state index in [1.165, 1.54) is 6.33 Å². The monoisotopic (exact) mass is 532 g/mol. The van der Waals surface area contributed by atoms with Gasteiger partial charge in [-0.1, -0.05) is 48.5 Å². The number of nitrogen functional groups attached to an aromatic ring is 1. The molecule has 1 aliphatic carbocycles. The molecule has 0 bridgehead atoms. The fraction of sp³-hybridized carbons (Fsp3) is 0.323. The number of primary amides is 1. The molecule has 9 nitrogen and oxygen atoms in total. The minimum absolute atomic E-state index is 0.00729. The van der Waals surface area contributed by atoms with Gasteiger partial charge in [0.2, 0.25) is 5.91 Å². The molecule has 1 aliphatic heterocycles. The Kier molecular flexibility index (Phi) is 5.96. The van der Waals surface area contributed by atoms with Gasteiger partial charge in [-0.3, -0.25) is 4.79 Å². The van der Waals surface area contributed by atoms with E-state index >= 15 is 0 Å². The number of rotatable bonds is 5. The van der Waals surface area contributed by atoms with E-state index in [-0.39, 0.29) is 17.9 Å². The lowest BCUT2D eigenvalue weighted by atomic mass is 9.83. The van der Waals surface area contributed by atoms with Crippen LogP contribution in [0.2, 0.25) is 0 Å². The number of nitrogens with two attached hydrogens (primary N) is 2. The summed E-state index contributed by atoms with van der Waals surface area (Å²) < 4.78 is 2.05. The van der Waals surface area contributed by atoms with E-state index in [1.807, 2.05) is 22.9 Å². The number of aryl methyl sites for hydroxylation is 1. The minimum Gasteiger partial charge on any atom is -0.383 e. The van der Waals surface area contributed by atoms with Gasteiger partial charge in [0.05, 0.1) is 22.6 Å². The average Bonchev–Trinajstić information content (AvgIpc) is 3.33. The topological polar surface area (TPSA) is 129 Å². The van der Waals surface area contributed by atoms with Crippen LogP contribution in [-0.2, 0) is 4.79 Å². The van der Waals surface area contributed by atoms with Crippen LogP contribution in [0.15, 0.2) is 60.9 Å². The van der Waals surface area contributed by atoms with Crippen LogP contribution in [0.3, 0.4) is 0 Å². The van der Waals surface area contributed by atoms with E-state index < -0.39 is 0 Å². The van der Waals surface area contributed by atoms with Crippen LogP contribution >= 0.6 is 0 Å². The smallest absolute Gasteiger partial charge is 0.220 e. The average molecular weight is 533 g/mol. The van der Waals surface area contributed by atoms with Crippen LogP contribution in [0.4, 0.5) is 5.82 Å². The number of nitrogens with zero attached hydrogens (tertiary/aromatic N) is 6. The number of aromatic nitrogens is 5. The third-order valence-corrected chi connectivity index (χ3v) is 8.84. The predicted molar refractivity (Wildman–Crippen MR) is 156 cm³/mol. The number of carbonyl (C=O) groups is 1. The molecule has 1 saturated carbocycles. The van der Waals surface area contributed by atoms with E-state index in [9.17, 15) is 4.79 Å². The number of benzene rings is 2. The molecular weight excluding hydrogens is 500 g/mol. The quantitative estimate of drug-likeness (QED) is 0.341. The Morgan fingerprint density at radius 3 is 2.45 bits per heavy atom. The highest BCUT2D eigenvalue weighted by Gasteiger charge is 2.39. The SMILES string of the molecule is Cc1c(-c2nn(C3CC(N4CCC(C(N)=O)CC4)C3)c3ncnc(N)c23)ccc2ccc(-c3ccccc3)nc12. The molecule has 0 unspecified atom stereocenters. The normalized spacial score (nSPS) is 20.1. The molecule has 0 radical (unpaired) electrons. The molecule has 4 heterocycles. The molecular formula is C31H32N8O. The molecule has 5 aromatic rings. The maximum Gasteiger partial charge on any atom is 0.220 e. The lowest BCUT2D eigenvalue weighted by molar-refractivity contribution is -0.123. The molecule has 0 spiro atoms. The highest BCUT2D eigenvalue weighted by atomic mass is 16.1. The summed E-state index contributed by atoms with van der Waals surface area (Å²) >= 11 is 0. The summed E-state index contributed by atoms with van der Waals surface area (Å²) in [4.78, 5) is 28.1. The third-order valence-electron chi connectivity index (χ3n) is 8.84. The Balaban J connectivity index is 1.23. The van der Waals surface area contributed by atoms with Crippen LogP contribution in [-0.4, -0.2) is 54.7 Å². The number of amides is 1. The highest BCUT2D eigenvalue weighted by molar-refractivity contribution is 6.01. The van der Waals surface area contributed by atoms with Gasteiger partial charge in [0, 0.05) is 28.5 Å². The van der Waals surface area contributed by atoms with Crippen molar-refractivity contribution in [2.24, 2.45) is 11.7 Å². The third kappa shape index (κ3) is 4.08. The van der Waals surface area contributed by atoms with E-state index in [1.54, 1.807) is 0 Å². The molecule has 9 heteroatoms. The maximum atomic E-state index is 11.6. The number of pyridine rings is 1. The summed E-state index contributed by atoms with van der Waals surface area (Å²) in [5.41, 5.74) is 18.5. The Morgan fingerprint density at radius 1 is 0.950 bits per heavy atom. The molecule has 202 valence electrons. The number of hydrogen-bond donors (Lipinski definition) is 2. The number of carbonyl (C=O) groups excluding carboxylic acids is 1. The summed E-state index contributed by atoms with van der Waals surface area (Å²) in [7, 11) is 0. The first kappa shape index (κ1) is 24.7. The first-order chi connectivity index (χ1) is 19.5. The van der Waals surface area contributed by atoms with Crippen molar-refractivity contribution in [1.82, 2.24) is 29.6 Å². The molecule has 0 atom stereocenters. The Morgan fingerprint density at radius 2 is 1.70 bits per heavy atom. The zero-order chi connectivity index (χ0) is 27.4. The molecule has 2 aromatic carbocycles. The van der Waals surface area contributed by atoms with Crippen LogP contribution in [0.25, 0.3) is 44.5 Å². The molecule has 4 N–H and O–H groups in total. The number of likely N-dealkylation sites (tertiary alicyclic amines) is 1. The first-order valence-electron chi connectivity index (χ1n) is 14.0. The number of fused-ring (bicyclic) bond motifs is 2. The van der Waals surface area contributed by atoms with Gasteiger partial charge in [-0.25, -0.2) is 19.6 Å². The van der Waals surface area contributed by atoms with Gasteiger partial charge < -0.3 is 16.4 Å². The predicted octanol–water partition coefficient (Wildman–Crippen LogP) is 4.50. The van der Waals surface area contributed by atoms with Crippen LogP contribution in [0.5, 0.6) is 0 Å². The van der Waals surface area contributed by atoms with Gasteiger partial charge in [0.1, 0.15) is 17.8 Å². The second-order valence-corrected chi connectivity index (χ2v) is 11.1. The first-order valence-corrected chi connectivity index (χ1v) is 14.0. The fourth-order valence-electron chi connectivity index (χ4n) is 6.40. The van der Waals surface area contributed by atoms with Crippen molar-refractivity contribution in [1.29, 1.82) is 0 Å². The van der Waals surface area contributed by atoms with Crippen LogP contribution < -0.4 is 11.5 Å². The highest BCUT2D eigenvalue weighted by Crippen LogP contribution is 2.42. The lowest BCUT2D eigenvalue weighted by Gasteiger charge is -2.45. The van der Waals surface area contributed by atoms with Crippen molar-refractivity contribution >= 4 is 33.7 Å². The van der Waals surface area contributed by atoms with Gasteiger partial charge in [0.25, 0.3) is 0 Å². The summed E-state index contributed by atoms with van der Waals surface area (Å²) in [6.07, 6.45) is 5.18. The summed E-state index contributed by atoms with van der Waals surface area (Å²) in [6, 6.07) is 19.3. The number of piperidine rings is 1. The Labute approximate surface area is 232 Å². The van der Waals surface area contributed by atoms with E-state index in [0.717, 1.165) is 88.8 Å². The van der Waals surface area contributed by atoms with Crippen LogP contribution in [0.1, 0.15) is 37.3 Å². The fourth-order valence-corrected chi connectivity index (χ4v) is 6.40. The van der Waals surface area contributed by atoms with Gasteiger partial charge in [0.15, 0.2) is 5.65 Å². The van der Waals surface area contributed by atoms with Crippen molar-refractivity contribution in [3.8, 4) is 22.5 Å². The van der Waals surface area contributed by atoms with Gasteiger partial charge in [-0.2, -0.15) is 5.10 Å². The molecule has 40 heavy (non-hydrogen) atoms. The molecule has 7 rings (SSSR count). The second kappa shape index (κ2) is 9.67. The zero-order valence-electron chi connectivity index (χ0n) is 22.5. The van der Waals surface area contributed by atoms with Gasteiger partial charge >= 0.3 is 0 Å². The van der Waals surface area contributed by atoms with Crippen molar-refractivity contribution in [2.45, 2.75) is 44.7 Å². The van der Waals surface area contributed by atoms with E-state index in [0.29, 0.717) is 11.9 Å². The van der Waals surface area contributed by atoms with Gasteiger partial charge in [-0.15, -0.1) is 0 Å². The second-order valence-electron chi connectivity index (χ2n) is 11.1. The Bertz CT molecular complexity index is 1730. The van der Waals surface area contributed by atoms with Crippen molar-refractivity contribution in [2.75, 3.05) is 18.8 Å². The van der Waals surface area contributed by atoms with Crippen LogP contribution in [0, 0.1) is 12.8 Å². The maximum absolute atomic E-state index is 11.6. The summed E-state index contributed by atoms with van der Waals surface area (Å²) in [5.74, 6) is 0.267. The van der Waals surface area contributed by atoms with Crippen molar-refractivity contribution in [3.63, 3.8) is 0 Å². The molecule has 1 saturated heterocycles. The molecule has 1 amide bonds.